The minimum absolute atomic E-state index is 0.424. The van der Waals surface area contributed by atoms with E-state index in [-0.39, 0.29) is 0 Å². The van der Waals surface area contributed by atoms with E-state index in [1.165, 1.54) is 0 Å². The lowest BCUT2D eigenvalue weighted by Crippen LogP contribution is -2.32. The second kappa shape index (κ2) is 5.49. The fourth-order valence-electron chi connectivity index (χ4n) is 1.52. The Bertz CT molecular complexity index is 449. The zero-order chi connectivity index (χ0) is 14.8. The van der Waals surface area contributed by atoms with E-state index >= 15 is 0 Å². The Morgan fingerprint density at radius 3 is 2.42 bits per heavy atom. The van der Waals surface area contributed by atoms with E-state index in [0.717, 1.165) is 0 Å². The molecule has 0 aliphatic rings. The van der Waals surface area contributed by atoms with Crippen molar-refractivity contribution in [3.63, 3.8) is 0 Å². The van der Waals surface area contributed by atoms with Crippen molar-refractivity contribution in [3.8, 4) is 0 Å². The second-order valence-electron chi connectivity index (χ2n) is 4.28. The zero-order valence-electron chi connectivity index (χ0n) is 10.1. The number of aromatic nitrogens is 4. The van der Waals surface area contributed by atoms with Crippen molar-refractivity contribution in [1.29, 1.82) is 0 Å². The lowest BCUT2D eigenvalue weighted by Gasteiger charge is -2.22. The van der Waals surface area contributed by atoms with Gasteiger partial charge in [-0.25, -0.2) is 13.5 Å². The van der Waals surface area contributed by atoms with Gasteiger partial charge >= 0.3 is 18.3 Å². The summed E-state index contributed by atoms with van der Waals surface area (Å²) in [4.78, 5) is 10.7. The summed E-state index contributed by atoms with van der Waals surface area (Å²) in [6.45, 7) is 3.11. The highest BCUT2D eigenvalue weighted by Gasteiger charge is 2.49. The normalized spacial score (nSPS) is 14.1. The maximum atomic E-state index is 13.3. The molecule has 1 atom stereocenters. The van der Waals surface area contributed by atoms with Gasteiger partial charge in [0.25, 0.3) is 0 Å². The Kier molecular flexibility index (Phi) is 4.43. The van der Waals surface area contributed by atoms with Crippen LogP contribution in [0.3, 0.4) is 0 Å². The van der Waals surface area contributed by atoms with Crippen LogP contribution in [0.25, 0.3) is 0 Å². The first-order valence-corrected chi connectivity index (χ1v) is 5.34. The first-order valence-electron chi connectivity index (χ1n) is 5.34. The summed E-state index contributed by atoms with van der Waals surface area (Å²) in [7, 11) is 0. The van der Waals surface area contributed by atoms with Gasteiger partial charge in [0.05, 0.1) is 12.5 Å². The molecule has 1 heterocycles. The van der Waals surface area contributed by atoms with Crippen LogP contribution in [0, 0.1) is 5.92 Å². The summed E-state index contributed by atoms with van der Waals surface area (Å²) < 4.78 is 51.6. The molecule has 0 aromatic carbocycles. The van der Waals surface area contributed by atoms with Crippen molar-refractivity contribution in [2.75, 3.05) is 0 Å². The van der Waals surface area contributed by atoms with E-state index in [4.69, 9.17) is 5.11 Å². The molecule has 19 heavy (non-hydrogen) atoms. The SMILES string of the molecule is CC(C)C(CC(=O)O)n1nnnc1C(F)(F)C(F)F. The number of hydrogen-bond donors (Lipinski definition) is 1. The van der Waals surface area contributed by atoms with Gasteiger partial charge in [0.1, 0.15) is 0 Å². The Morgan fingerprint density at radius 2 is 2.00 bits per heavy atom. The largest absolute Gasteiger partial charge is 0.481 e. The molecular formula is C9H12F4N4O2. The minimum Gasteiger partial charge on any atom is -0.481 e. The Morgan fingerprint density at radius 1 is 1.42 bits per heavy atom. The summed E-state index contributed by atoms with van der Waals surface area (Å²) in [5, 5.41) is 17.8. The van der Waals surface area contributed by atoms with Crippen LogP contribution in [0.2, 0.25) is 0 Å². The molecule has 10 heteroatoms. The van der Waals surface area contributed by atoms with Crippen LogP contribution in [-0.4, -0.2) is 37.7 Å². The van der Waals surface area contributed by atoms with E-state index in [1.807, 2.05) is 0 Å². The first-order chi connectivity index (χ1) is 8.67. The zero-order valence-corrected chi connectivity index (χ0v) is 10.1. The second-order valence-corrected chi connectivity index (χ2v) is 4.28. The van der Waals surface area contributed by atoms with Crippen LogP contribution >= 0.6 is 0 Å². The van der Waals surface area contributed by atoms with Crippen molar-refractivity contribution in [1.82, 2.24) is 20.2 Å². The van der Waals surface area contributed by atoms with Gasteiger partial charge in [-0.2, -0.15) is 8.78 Å². The molecule has 1 aromatic rings. The number of carboxylic acids is 1. The predicted molar refractivity (Wildman–Crippen MR) is 53.8 cm³/mol. The number of tetrazole rings is 1. The third-order valence-electron chi connectivity index (χ3n) is 2.53. The minimum atomic E-state index is -4.53. The molecule has 1 unspecified atom stereocenters. The lowest BCUT2D eigenvalue weighted by molar-refractivity contribution is -0.146. The third kappa shape index (κ3) is 3.18. The van der Waals surface area contributed by atoms with Gasteiger partial charge in [-0.1, -0.05) is 13.8 Å². The fourth-order valence-corrected chi connectivity index (χ4v) is 1.52. The summed E-state index contributed by atoms with van der Waals surface area (Å²) in [5.74, 6) is -7.55. The molecule has 0 aliphatic carbocycles. The van der Waals surface area contributed by atoms with E-state index < -0.39 is 42.5 Å². The standard InChI is InChI=1S/C9H12F4N4O2/c1-4(2)5(3-6(18)19)17-8(14-15-16-17)9(12,13)7(10)11/h4-5,7H,3H2,1-2H3,(H,18,19). The quantitative estimate of drug-likeness (QED) is 0.804. The topological polar surface area (TPSA) is 80.9 Å². The number of hydrogen-bond acceptors (Lipinski definition) is 4. The Hall–Kier alpha value is -1.74. The Labute approximate surface area is 105 Å². The molecule has 0 aliphatic heterocycles. The molecule has 0 amide bonds. The summed E-state index contributed by atoms with van der Waals surface area (Å²) in [5.41, 5.74) is 0. The molecule has 0 spiro atoms. The van der Waals surface area contributed by atoms with Gasteiger partial charge < -0.3 is 5.11 Å². The van der Waals surface area contributed by atoms with Gasteiger partial charge in [-0.05, 0) is 16.3 Å². The van der Waals surface area contributed by atoms with Gasteiger partial charge in [-0.3, -0.25) is 4.79 Å². The van der Waals surface area contributed by atoms with E-state index in [0.29, 0.717) is 4.68 Å². The number of halogens is 4. The highest BCUT2D eigenvalue weighted by atomic mass is 19.3. The predicted octanol–water partition coefficient (Wildman–Crippen LogP) is 1.70. The molecule has 6 nitrogen and oxygen atoms in total. The number of carbonyl (C=O) groups is 1. The van der Waals surface area contributed by atoms with Crippen molar-refractivity contribution >= 4 is 5.97 Å². The van der Waals surface area contributed by atoms with E-state index in [9.17, 15) is 22.4 Å². The molecular weight excluding hydrogens is 272 g/mol. The monoisotopic (exact) mass is 284 g/mol. The molecule has 0 fully saturated rings. The van der Waals surface area contributed by atoms with Crippen LogP contribution in [0.15, 0.2) is 0 Å². The summed E-state index contributed by atoms with van der Waals surface area (Å²) >= 11 is 0. The fraction of sp³-hybridized carbons (Fsp3) is 0.778. The molecule has 0 saturated heterocycles. The van der Waals surface area contributed by atoms with Crippen LogP contribution in [-0.2, 0) is 10.7 Å². The molecule has 0 saturated carbocycles. The highest BCUT2D eigenvalue weighted by molar-refractivity contribution is 5.67. The molecule has 1 rings (SSSR count). The molecule has 1 aromatic heterocycles. The number of alkyl halides is 4. The van der Waals surface area contributed by atoms with Crippen LogP contribution in [0.5, 0.6) is 0 Å². The number of nitrogens with zero attached hydrogens (tertiary/aromatic N) is 4. The maximum Gasteiger partial charge on any atom is 0.367 e. The van der Waals surface area contributed by atoms with Crippen molar-refractivity contribution in [2.24, 2.45) is 5.92 Å². The average Bonchev–Trinajstić information content (AvgIpc) is 2.73. The lowest BCUT2D eigenvalue weighted by atomic mass is 10.0. The smallest absolute Gasteiger partial charge is 0.367 e. The number of aliphatic carboxylic acids is 1. The molecule has 108 valence electrons. The van der Waals surface area contributed by atoms with Gasteiger partial charge in [0, 0.05) is 0 Å². The molecule has 0 bridgehead atoms. The first kappa shape index (κ1) is 15.3. The molecule has 0 radical (unpaired) electrons. The third-order valence-corrected chi connectivity index (χ3v) is 2.53. The number of carboxylic acid groups (broad SMARTS) is 1. The van der Waals surface area contributed by atoms with Crippen LogP contribution in [0.1, 0.15) is 32.1 Å². The molecule has 1 N–H and O–H groups in total. The average molecular weight is 284 g/mol. The number of rotatable bonds is 6. The van der Waals surface area contributed by atoms with Crippen molar-refractivity contribution < 1.29 is 27.5 Å². The summed E-state index contributed by atoms with van der Waals surface area (Å²) in [6.07, 6.45) is -4.52. The Balaban J connectivity index is 3.20. The van der Waals surface area contributed by atoms with Crippen molar-refractivity contribution in [2.45, 2.75) is 38.7 Å². The van der Waals surface area contributed by atoms with Gasteiger partial charge in [-0.15, -0.1) is 5.10 Å². The highest BCUT2D eigenvalue weighted by Crippen LogP contribution is 2.35. The van der Waals surface area contributed by atoms with Gasteiger partial charge in [0.2, 0.25) is 5.82 Å². The summed E-state index contributed by atoms with van der Waals surface area (Å²) in [6, 6.07) is -1.04. The maximum absolute atomic E-state index is 13.3. The van der Waals surface area contributed by atoms with E-state index in [1.54, 1.807) is 13.8 Å². The van der Waals surface area contributed by atoms with Gasteiger partial charge in [0.15, 0.2) is 0 Å². The van der Waals surface area contributed by atoms with Crippen LogP contribution in [0.4, 0.5) is 17.6 Å². The van der Waals surface area contributed by atoms with E-state index in [2.05, 4.69) is 15.5 Å². The van der Waals surface area contributed by atoms with Crippen molar-refractivity contribution in [3.05, 3.63) is 5.82 Å². The van der Waals surface area contributed by atoms with Crippen LogP contribution < -0.4 is 0 Å².